The summed E-state index contributed by atoms with van der Waals surface area (Å²) < 4.78 is 0.712. The van der Waals surface area contributed by atoms with Gasteiger partial charge in [-0.25, -0.2) is 0 Å². The molecule has 3 heteroatoms. The minimum absolute atomic E-state index is 0.582. The van der Waals surface area contributed by atoms with Crippen molar-refractivity contribution in [1.82, 2.24) is 0 Å². The molecule has 0 amide bonds. The minimum Gasteiger partial charge on any atom is -0.383 e. The lowest BCUT2D eigenvalue weighted by Crippen LogP contribution is -2.06. The summed E-state index contributed by atoms with van der Waals surface area (Å²) in [5, 5.41) is 10.6. The molecule has 0 spiro atoms. The highest BCUT2D eigenvalue weighted by Crippen LogP contribution is 2.35. The first-order valence-corrected chi connectivity index (χ1v) is 7.12. The molecule has 0 saturated carbocycles. The minimum atomic E-state index is -0.582. The summed E-state index contributed by atoms with van der Waals surface area (Å²) in [6.45, 7) is 8.30. The molecule has 0 aliphatic heterocycles. The molecule has 1 N–H and O–H groups in total. The highest BCUT2D eigenvalue weighted by Gasteiger charge is 2.19. The monoisotopic (exact) mass is 280 g/mol. The summed E-state index contributed by atoms with van der Waals surface area (Å²) in [5.74, 6) is 0. The van der Waals surface area contributed by atoms with Crippen LogP contribution < -0.4 is 0 Å². The maximum Gasteiger partial charge on any atom is 0.114 e. The molecule has 1 aromatic carbocycles. The Kier molecular flexibility index (Phi) is 3.81. The average Bonchev–Trinajstić information content (AvgIpc) is 2.73. The zero-order valence-electron chi connectivity index (χ0n) is 11.0. The van der Waals surface area contributed by atoms with Crippen molar-refractivity contribution in [3.05, 3.63) is 55.2 Å². The summed E-state index contributed by atoms with van der Waals surface area (Å²) in [5.41, 5.74) is 5.78. The van der Waals surface area contributed by atoms with E-state index < -0.39 is 6.10 Å². The van der Waals surface area contributed by atoms with E-state index in [0.29, 0.717) is 4.34 Å². The number of hydrogen-bond acceptors (Lipinski definition) is 2. The van der Waals surface area contributed by atoms with E-state index in [2.05, 4.69) is 33.8 Å². The van der Waals surface area contributed by atoms with Crippen LogP contribution in [-0.4, -0.2) is 5.11 Å². The molecule has 18 heavy (non-hydrogen) atoms. The third-order valence-corrected chi connectivity index (χ3v) is 4.84. The van der Waals surface area contributed by atoms with Gasteiger partial charge in [-0.15, -0.1) is 11.3 Å². The van der Waals surface area contributed by atoms with Crippen molar-refractivity contribution in [2.45, 2.75) is 33.8 Å². The molecule has 0 radical (unpaired) electrons. The Morgan fingerprint density at radius 1 is 1.06 bits per heavy atom. The fraction of sp³-hybridized carbons (Fsp3) is 0.333. The first-order valence-electron chi connectivity index (χ1n) is 5.92. The third-order valence-electron chi connectivity index (χ3n) is 3.56. The standard InChI is InChI=1S/C15H17ClOS/c1-8-7-9(2)11(4)14(10(8)3)15(17)12-5-6-13(16)18-12/h5-7,15,17H,1-4H3. The first-order chi connectivity index (χ1) is 8.41. The van der Waals surface area contributed by atoms with Crippen LogP contribution in [0.1, 0.15) is 38.8 Å². The summed E-state index contributed by atoms with van der Waals surface area (Å²) in [4.78, 5) is 0.899. The quantitative estimate of drug-likeness (QED) is 0.844. The van der Waals surface area contributed by atoms with Crippen LogP contribution >= 0.6 is 22.9 Å². The van der Waals surface area contributed by atoms with Crippen LogP contribution in [0.3, 0.4) is 0 Å². The van der Waals surface area contributed by atoms with Crippen LogP contribution in [0.15, 0.2) is 18.2 Å². The van der Waals surface area contributed by atoms with Crippen molar-refractivity contribution in [2.24, 2.45) is 0 Å². The molecule has 2 rings (SSSR count). The molecular weight excluding hydrogens is 264 g/mol. The van der Waals surface area contributed by atoms with Crippen molar-refractivity contribution >= 4 is 22.9 Å². The Morgan fingerprint density at radius 2 is 1.61 bits per heavy atom. The molecular formula is C15H17ClOS. The maximum atomic E-state index is 10.6. The van der Waals surface area contributed by atoms with E-state index in [-0.39, 0.29) is 0 Å². The highest BCUT2D eigenvalue weighted by molar-refractivity contribution is 7.16. The summed E-state index contributed by atoms with van der Waals surface area (Å²) in [6, 6.07) is 5.90. The molecule has 96 valence electrons. The van der Waals surface area contributed by atoms with Gasteiger partial charge in [0, 0.05) is 4.88 Å². The van der Waals surface area contributed by atoms with Gasteiger partial charge < -0.3 is 5.11 Å². The van der Waals surface area contributed by atoms with E-state index in [0.717, 1.165) is 21.6 Å². The number of benzene rings is 1. The predicted octanol–water partition coefficient (Wildman–Crippen LogP) is 4.72. The fourth-order valence-corrected chi connectivity index (χ4v) is 3.33. The van der Waals surface area contributed by atoms with Gasteiger partial charge in [0.1, 0.15) is 6.10 Å². The number of halogens is 1. The van der Waals surface area contributed by atoms with Gasteiger partial charge in [0.05, 0.1) is 4.34 Å². The molecule has 1 aromatic heterocycles. The van der Waals surface area contributed by atoms with Crippen LogP contribution in [0.2, 0.25) is 4.34 Å². The highest BCUT2D eigenvalue weighted by atomic mass is 35.5. The number of aryl methyl sites for hydroxylation is 2. The summed E-state index contributed by atoms with van der Waals surface area (Å²) in [7, 11) is 0. The van der Waals surface area contributed by atoms with Gasteiger partial charge in [-0.1, -0.05) is 17.7 Å². The summed E-state index contributed by atoms with van der Waals surface area (Å²) >= 11 is 7.38. The van der Waals surface area contributed by atoms with Crippen LogP contribution in [0.4, 0.5) is 0 Å². The van der Waals surface area contributed by atoms with E-state index in [4.69, 9.17) is 11.6 Å². The molecule has 0 aliphatic rings. The van der Waals surface area contributed by atoms with Crippen LogP contribution in [0.25, 0.3) is 0 Å². The van der Waals surface area contributed by atoms with Gasteiger partial charge in [-0.05, 0) is 67.6 Å². The normalized spacial score (nSPS) is 12.8. The number of aliphatic hydroxyl groups excluding tert-OH is 1. The third kappa shape index (κ3) is 2.33. The number of thiophene rings is 1. The number of aliphatic hydroxyl groups is 1. The predicted molar refractivity (Wildman–Crippen MR) is 78.8 cm³/mol. The molecule has 0 bridgehead atoms. The van der Waals surface area contributed by atoms with Gasteiger partial charge in [-0.3, -0.25) is 0 Å². The van der Waals surface area contributed by atoms with E-state index in [1.807, 2.05) is 12.1 Å². The Hall–Kier alpha value is -0.830. The van der Waals surface area contributed by atoms with Crippen molar-refractivity contribution in [3.63, 3.8) is 0 Å². The molecule has 0 fully saturated rings. The van der Waals surface area contributed by atoms with E-state index in [1.165, 1.54) is 22.5 Å². The van der Waals surface area contributed by atoms with Crippen molar-refractivity contribution < 1.29 is 5.11 Å². The number of hydrogen-bond donors (Lipinski definition) is 1. The Morgan fingerprint density at radius 3 is 2.06 bits per heavy atom. The fourth-order valence-electron chi connectivity index (χ4n) is 2.28. The van der Waals surface area contributed by atoms with Crippen molar-refractivity contribution in [3.8, 4) is 0 Å². The lowest BCUT2D eigenvalue weighted by atomic mass is 9.90. The molecule has 0 saturated heterocycles. The van der Waals surface area contributed by atoms with Gasteiger partial charge in [0.2, 0.25) is 0 Å². The van der Waals surface area contributed by atoms with Crippen LogP contribution in [0.5, 0.6) is 0 Å². The summed E-state index contributed by atoms with van der Waals surface area (Å²) in [6.07, 6.45) is -0.582. The Balaban J connectivity index is 2.57. The molecule has 2 aromatic rings. The second-order valence-electron chi connectivity index (χ2n) is 4.72. The first kappa shape index (κ1) is 13.6. The molecule has 1 atom stereocenters. The molecule has 1 unspecified atom stereocenters. The number of rotatable bonds is 2. The van der Waals surface area contributed by atoms with Gasteiger partial charge in [0.25, 0.3) is 0 Å². The van der Waals surface area contributed by atoms with Crippen molar-refractivity contribution in [1.29, 1.82) is 0 Å². The smallest absolute Gasteiger partial charge is 0.114 e. The zero-order valence-corrected chi connectivity index (χ0v) is 12.6. The lowest BCUT2D eigenvalue weighted by molar-refractivity contribution is 0.222. The average molecular weight is 281 g/mol. The van der Waals surface area contributed by atoms with Gasteiger partial charge in [0.15, 0.2) is 0 Å². The largest absolute Gasteiger partial charge is 0.383 e. The maximum absolute atomic E-state index is 10.6. The lowest BCUT2D eigenvalue weighted by Gasteiger charge is -2.19. The molecule has 0 aliphatic carbocycles. The van der Waals surface area contributed by atoms with E-state index in [1.54, 1.807) is 0 Å². The van der Waals surface area contributed by atoms with E-state index >= 15 is 0 Å². The van der Waals surface area contributed by atoms with Crippen LogP contribution in [0, 0.1) is 27.7 Å². The SMILES string of the molecule is Cc1cc(C)c(C)c(C(O)c2ccc(Cl)s2)c1C. The molecule has 1 heterocycles. The van der Waals surface area contributed by atoms with Crippen LogP contribution in [-0.2, 0) is 0 Å². The second-order valence-corrected chi connectivity index (χ2v) is 6.47. The van der Waals surface area contributed by atoms with Gasteiger partial charge >= 0.3 is 0 Å². The Bertz CT molecular complexity index is 560. The van der Waals surface area contributed by atoms with Gasteiger partial charge in [-0.2, -0.15) is 0 Å². The molecule has 1 nitrogen and oxygen atoms in total. The van der Waals surface area contributed by atoms with Crippen molar-refractivity contribution in [2.75, 3.05) is 0 Å². The zero-order chi connectivity index (χ0) is 13.4. The Labute approximate surface area is 117 Å². The second kappa shape index (κ2) is 5.04. The topological polar surface area (TPSA) is 20.2 Å². The van der Waals surface area contributed by atoms with E-state index in [9.17, 15) is 5.11 Å².